The summed E-state index contributed by atoms with van der Waals surface area (Å²) in [6.45, 7) is 0. The SMILES string of the molecule is Nc1ccc2c(C(=O)O)ccnc2c1. The lowest BCUT2D eigenvalue weighted by molar-refractivity contribution is 0.0699. The summed E-state index contributed by atoms with van der Waals surface area (Å²) in [6, 6.07) is 6.46. The van der Waals surface area contributed by atoms with E-state index in [9.17, 15) is 4.79 Å². The number of aromatic carboxylic acids is 1. The summed E-state index contributed by atoms with van der Waals surface area (Å²) < 4.78 is 0. The highest BCUT2D eigenvalue weighted by Gasteiger charge is 2.07. The maximum Gasteiger partial charge on any atom is 0.336 e. The number of pyridine rings is 1. The standard InChI is InChI=1S/C10H8N2O2/c11-6-1-2-7-8(10(13)14)3-4-12-9(7)5-6/h1-5H,11H2,(H,13,14). The number of hydrogen-bond acceptors (Lipinski definition) is 3. The topological polar surface area (TPSA) is 76.2 Å². The summed E-state index contributed by atoms with van der Waals surface area (Å²) >= 11 is 0. The number of fused-ring (bicyclic) bond motifs is 1. The summed E-state index contributed by atoms with van der Waals surface area (Å²) in [5.41, 5.74) is 6.99. The van der Waals surface area contributed by atoms with Gasteiger partial charge in [-0.25, -0.2) is 4.79 Å². The van der Waals surface area contributed by atoms with Gasteiger partial charge in [0.25, 0.3) is 0 Å². The number of nitrogens with two attached hydrogens (primary N) is 1. The van der Waals surface area contributed by atoms with Crippen LogP contribution in [0.5, 0.6) is 0 Å². The van der Waals surface area contributed by atoms with Gasteiger partial charge in [-0.1, -0.05) is 0 Å². The van der Waals surface area contributed by atoms with Crippen LogP contribution in [0.4, 0.5) is 5.69 Å². The number of aromatic nitrogens is 1. The third-order valence-corrected chi connectivity index (χ3v) is 2.00. The Morgan fingerprint density at radius 3 is 2.86 bits per heavy atom. The molecule has 0 spiro atoms. The largest absolute Gasteiger partial charge is 0.478 e. The molecule has 14 heavy (non-hydrogen) atoms. The molecule has 70 valence electrons. The zero-order valence-corrected chi connectivity index (χ0v) is 7.27. The van der Waals surface area contributed by atoms with Gasteiger partial charge in [-0.15, -0.1) is 0 Å². The molecule has 1 aromatic carbocycles. The van der Waals surface area contributed by atoms with Crippen molar-refractivity contribution < 1.29 is 9.90 Å². The minimum Gasteiger partial charge on any atom is -0.478 e. The van der Waals surface area contributed by atoms with E-state index in [1.165, 1.54) is 12.3 Å². The number of nitrogens with zero attached hydrogens (tertiary/aromatic N) is 1. The molecule has 0 aliphatic heterocycles. The third kappa shape index (κ3) is 1.26. The average Bonchev–Trinajstić information content (AvgIpc) is 2.16. The van der Waals surface area contributed by atoms with Gasteiger partial charge in [-0.05, 0) is 24.3 Å². The molecule has 4 nitrogen and oxygen atoms in total. The highest BCUT2D eigenvalue weighted by atomic mass is 16.4. The van der Waals surface area contributed by atoms with Gasteiger partial charge in [0.2, 0.25) is 0 Å². The first kappa shape index (κ1) is 8.50. The number of benzene rings is 1. The van der Waals surface area contributed by atoms with Crippen molar-refractivity contribution in [3.63, 3.8) is 0 Å². The first-order valence-electron chi connectivity index (χ1n) is 4.06. The van der Waals surface area contributed by atoms with Crippen LogP contribution in [-0.2, 0) is 0 Å². The number of rotatable bonds is 1. The van der Waals surface area contributed by atoms with Crippen LogP contribution in [0.3, 0.4) is 0 Å². The van der Waals surface area contributed by atoms with Crippen LogP contribution in [0.25, 0.3) is 10.9 Å². The van der Waals surface area contributed by atoms with Gasteiger partial charge >= 0.3 is 5.97 Å². The van der Waals surface area contributed by atoms with Crippen molar-refractivity contribution in [2.45, 2.75) is 0 Å². The van der Waals surface area contributed by atoms with Crippen LogP contribution in [0.15, 0.2) is 30.5 Å². The lowest BCUT2D eigenvalue weighted by Gasteiger charge is -2.01. The van der Waals surface area contributed by atoms with E-state index in [4.69, 9.17) is 10.8 Å². The molecule has 0 atom stereocenters. The average molecular weight is 188 g/mol. The molecule has 2 aromatic rings. The van der Waals surface area contributed by atoms with Gasteiger partial charge in [0.1, 0.15) is 0 Å². The number of hydrogen-bond donors (Lipinski definition) is 2. The van der Waals surface area contributed by atoms with Crippen LogP contribution in [0.1, 0.15) is 10.4 Å². The number of carboxylic acid groups (broad SMARTS) is 1. The van der Waals surface area contributed by atoms with Crippen LogP contribution in [-0.4, -0.2) is 16.1 Å². The van der Waals surface area contributed by atoms with Crippen molar-refractivity contribution in [3.8, 4) is 0 Å². The van der Waals surface area contributed by atoms with Crippen molar-refractivity contribution in [2.75, 3.05) is 5.73 Å². The molecule has 1 aromatic heterocycles. The fourth-order valence-corrected chi connectivity index (χ4v) is 1.35. The van der Waals surface area contributed by atoms with Crippen molar-refractivity contribution in [1.82, 2.24) is 4.98 Å². The Balaban J connectivity index is 2.81. The molecule has 0 radical (unpaired) electrons. The molecule has 0 fully saturated rings. The predicted octanol–water partition coefficient (Wildman–Crippen LogP) is 1.52. The van der Waals surface area contributed by atoms with Gasteiger partial charge in [0.15, 0.2) is 0 Å². The van der Waals surface area contributed by atoms with E-state index in [0.29, 0.717) is 16.6 Å². The zero-order valence-electron chi connectivity index (χ0n) is 7.27. The third-order valence-electron chi connectivity index (χ3n) is 2.00. The Kier molecular flexibility index (Phi) is 1.81. The smallest absolute Gasteiger partial charge is 0.336 e. The second kappa shape index (κ2) is 2.99. The van der Waals surface area contributed by atoms with Crippen LogP contribution < -0.4 is 5.73 Å². The number of nitrogen functional groups attached to an aromatic ring is 1. The fraction of sp³-hybridized carbons (Fsp3) is 0. The number of carboxylic acids is 1. The maximum atomic E-state index is 10.8. The predicted molar refractivity (Wildman–Crippen MR) is 53.1 cm³/mol. The summed E-state index contributed by atoms with van der Waals surface area (Å²) in [5.74, 6) is -0.956. The second-order valence-electron chi connectivity index (χ2n) is 2.94. The molecule has 0 unspecified atom stereocenters. The number of anilines is 1. The minimum absolute atomic E-state index is 0.245. The Labute approximate surface area is 80.0 Å². The van der Waals surface area contributed by atoms with Crippen LogP contribution in [0, 0.1) is 0 Å². The minimum atomic E-state index is -0.956. The normalized spacial score (nSPS) is 10.3. The molecule has 4 heteroatoms. The lowest BCUT2D eigenvalue weighted by atomic mass is 10.1. The number of carbonyl (C=O) groups is 1. The van der Waals surface area contributed by atoms with Gasteiger partial charge in [-0.2, -0.15) is 0 Å². The van der Waals surface area contributed by atoms with Crippen molar-refractivity contribution >= 4 is 22.6 Å². The Morgan fingerprint density at radius 2 is 2.14 bits per heavy atom. The zero-order chi connectivity index (χ0) is 10.1. The molecular formula is C10H8N2O2. The first-order chi connectivity index (χ1) is 6.68. The molecule has 0 amide bonds. The highest BCUT2D eigenvalue weighted by Crippen LogP contribution is 2.18. The monoisotopic (exact) mass is 188 g/mol. The van der Waals surface area contributed by atoms with Crippen molar-refractivity contribution in [3.05, 3.63) is 36.0 Å². The Bertz CT molecular complexity index is 508. The Morgan fingerprint density at radius 1 is 1.36 bits per heavy atom. The Hall–Kier alpha value is -2.10. The van der Waals surface area contributed by atoms with E-state index in [1.54, 1.807) is 18.2 Å². The second-order valence-corrected chi connectivity index (χ2v) is 2.94. The summed E-state index contributed by atoms with van der Waals surface area (Å²) in [6.07, 6.45) is 1.46. The molecule has 0 saturated carbocycles. The van der Waals surface area contributed by atoms with E-state index in [-0.39, 0.29) is 5.56 Å². The van der Waals surface area contributed by atoms with Crippen LogP contribution in [0.2, 0.25) is 0 Å². The maximum absolute atomic E-state index is 10.8. The van der Waals surface area contributed by atoms with E-state index < -0.39 is 5.97 Å². The molecule has 0 bridgehead atoms. The molecule has 1 heterocycles. The van der Waals surface area contributed by atoms with E-state index in [1.807, 2.05) is 0 Å². The summed E-state index contributed by atoms with van der Waals surface area (Å²) in [4.78, 5) is 14.9. The van der Waals surface area contributed by atoms with Gasteiger partial charge in [-0.3, -0.25) is 4.98 Å². The van der Waals surface area contributed by atoms with E-state index in [2.05, 4.69) is 4.98 Å². The fourth-order valence-electron chi connectivity index (χ4n) is 1.35. The molecule has 0 saturated heterocycles. The van der Waals surface area contributed by atoms with E-state index >= 15 is 0 Å². The van der Waals surface area contributed by atoms with Gasteiger partial charge in [0, 0.05) is 17.3 Å². The first-order valence-corrected chi connectivity index (χ1v) is 4.06. The van der Waals surface area contributed by atoms with E-state index in [0.717, 1.165) is 0 Å². The molecular weight excluding hydrogens is 180 g/mol. The lowest BCUT2D eigenvalue weighted by Crippen LogP contribution is -1.98. The van der Waals surface area contributed by atoms with Crippen LogP contribution >= 0.6 is 0 Å². The van der Waals surface area contributed by atoms with Crippen molar-refractivity contribution in [2.24, 2.45) is 0 Å². The quantitative estimate of drug-likeness (QED) is 0.665. The van der Waals surface area contributed by atoms with Gasteiger partial charge in [0.05, 0.1) is 11.1 Å². The molecule has 0 aliphatic rings. The van der Waals surface area contributed by atoms with Crippen molar-refractivity contribution in [1.29, 1.82) is 0 Å². The summed E-state index contributed by atoms with van der Waals surface area (Å²) in [5, 5.41) is 9.50. The molecule has 3 N–H and O–H groups in total. The van der Waals surface area contributed by atoms with Gasteiger partial charge < -0.3 is 10.8 Å². The highest BCUT2D eigenvalue weighted by molar-refractivity contribution is 6.02. The summed E-state index contributed by atoms with van der Waals surface area (Å²) in [7, 11) is 0. The molecule has 0 aliphatic carbocycles. The molecule has 2 rings (SSSR count).